The zero-order valence-corrected chi connectivity index (χ0v) is 12.2. The van der Waals surface area contributed by atoms with Crippen molar-refractivity contribution >= 4 is 17.3 Å². The van der Waals surface area contributed by atoms with Gasteiger partial charge in [-0.3, -0.25) is 0 Å². The van der Waals surface area contributed by atoms with Crippen LogP contribution in [0.5, 0.6) is 0 Å². The molecule has 0 unspecified atom stereocenters. The standard InChI is InChI=1S/C14H21NO3S/c1-10(2)9-15-6-4-14(18,5-7-15)12-11(13(16)17)3-8-19-12/h3,8,10,18H,4-7,9H2,1-2H3,(H,16,17). The van der Waals surface area contributed by atoms with E-state index in [4.69, 9.17) is 5.11 Å². The number of likely N-dealkylation sites (tertiary alicyclic amines) is 1. The first-order valence-corrected chi connectivity index (χ1v) is 7.56. The van der Waals surface area contributed by atoms with Crippen LogP contribution in [-0.4, -0.2) is 40.7 Å². The van der Waals surface area contributed by atoms with Gasteiger partial charge in [0.2, 0.25) is 0 Å². The number of carboxylic acids is 1. The van der Waals surface area contributed by atoms with Crippen molar-refractivity contribution in [2.45, 2.75) is 32.3 Å². The van der Waals surface area contributed by atoms with Gasteiger partial charge < -0.3 is 15.1 Å². The van der Waals surface area contributed by atoms with Crippen molar-refractivity contribution < 1.29 is 15.0 Å². The van der Waals surface area contributed by atoms with Crippen molar-refractivity contribution in [3.8, 4) is 0 Å². The Morgan fingerprint density at radius 2 is 2.11 bits per heavy atom. The van der Waals surface area contributed by atoms with Crippen LogP contribution in [0, 0.1) is 5.92 Å². The van der Waals surface area contributed by atoms with E-state index in [1.165, 1.54) is 11.3 Å². The molecule has 0 radical (unpaired) electrons. The summed E-state index contributed by atoms with van der Waals surface area (Å²) in [6, 6.07) is 1.58. The number of hydrogen-bond donors (Lipinski definition) is 2. The molecule has 0 amide bonds. The van der Waals surface area contributed by atoms with Crippen molar-refractivity contribution in [3.63, 3.8) is 0 Å². The quantitative estimate of drug-likeness (QED) is 0.890. The van der Waals surface area contributed by atoms with E-state index in [1.54, 1.807) is 11.4 Å². The number of carboxylic acid groups (broad SMARTS) is 1. The molecular weight excluding hydrogens is 262 g/mol. The molecule has 2 rings (SSSR count). The van der Waals surface area contributed by atoms with E-state index in [0.29, 0.717) is 23.6 Å². The van der Waals surface area contributed by atoms with Crippen molar-refractivity contribution in [3.05, 3.63) is 21.9 Å². The monoisotopic (exact) mass is 283 g/mol. The van der Waals surface area contributed by atoms with Gasteiger partial charge in [-0.05, 0) is 30.2 Å². The predicted octanol–water partition coefficient (Wildman–Crippen LogP) is 2.39. The minimum atomic E-state index is -0.963. The second-order valence-corrected chi connectivity index (χ2v) is 6.61. The minimum absolute atomic E-state index is 0.254. The predicted molar refractivity (Wildman–Crippen MR) is 75.7 cm³/mol. The van der Waals surface area contributed by atoms with E-state index in [1.807, 2.05) is 0 Å². The number of nitrogens with zero attached hydrogens (tertiary/aromatic N) is 1. The van der Waals surface area contributed by atoms with Gasteiger partial charge in [0.15, 0.2) is 0 Å². The maximum absolute atomic E-state index is 11.2. The zero-order valence-electron chi connectivity index (χ0n) is 11.4. The highest BCUT2D eigenvalue weighted by Gasteiger charge is 2.37. The summed E-state index contributed by atoms with van der Waals surface area (Å²) < 4.78 is 0. The molecule has 1 fully saturated rings. The van der Waals surface area contributed by atoms with Crippen molar-refractivity contribution in [2.75, 3.05) is 19.6 Å². The molecule has 19 heavy (non-hydrogen) atoms. The van der Waals surface area contributed by atoms with Crippen LogP contribution < -0.4 is 0 Å². The van der Waals surface area contributed by atoms with Crippen LogP contribution in [0.25, 0.3) is 0 Å². The molecule has 2 N–H and O–H groups in total. The fraction of sp³-hybridized carbons (Fsp3) is 0.643. The van der Waals surface area contributed by atoms with Gasteiger partial charge >= 0.3 is 5.97 Å². The summed E-state index contributed by atoms with van der Waals surface area (Å²) in [5, 5.41) is 21.6. The van der Waals surface area contributed by atoms with Gasteiger partial charge in [0.25, 0.3) is 0 Å². The second kappa shape index (κ2) is 5.61. The lowest BCUT2D eigenvalue weighted by atomic mass is 9.87. The Labute approximate surface area is 117 Å². The fourth-order valence-electron chi connectivity index (χ4n) is 2.69. The third kappa shape index (κ3) is 3.16. The summed E-state index contributed by atoms with van der Waals surface area (Å²) >= 11 is 1.35. The van der Waals surface area contributed by atoms with Gasteiger partial charge in [0, 0.05) is 19.6 Å². The van der Waals surface area contributed by atoms with E-state index in [0.717, 1.165) is 19.6 Å². The molecule has 0 aliphatic carbocycles. The summed E-state index contributed by atoms with van der Waals surface area (Å²) in [6.07, 6.45) is 1.22. The Morgan fingerprint density at radius 1 is 1.47 bits per heavy atom. The highest BCUT2D eigenvalue weighted by atomic mass is 32.1. The molecule has 5 heteroatoms. The molecule has 4 nitrogen and oxygen atoms in total. The Bertz CT molecular complexity index is 447. The molecule has 0 saturated carbocycles. The number of aliphatic hydroxyl groups is 1. The van der Waals surface area contributed by atoms with Crippen molar-refractivity contribution in [2.24, 2.45) is 5.92 Å². The fourth-order valence-corrected chi connectivity index (χ4v) is 3.73. The molecule has 1 saturated heterocycles. The van der Waals surface area contributed by atoms with E-state index in [2.05, 4.69) is 18.7 Å². The Balaban J connectivity index is 2.09. The molecule has 0 bridgehead atoms. The topological polar surface area (TPSA) is 60.8 Å². The lowest BCUT2D eigenvalue weighted by molar-refractivity contribution is -0.0258. The first-order chi connectivity index (χ1) is 8.92. The van der Waals surface area contributed by atoms with Gasteiger partial charge in [0.1, 0.15) is 5.60 Å². The number of thiophene rings is 1. The van der Waals surface area contributed by atoms with Gasteiger partial charge in [-0.2, -0.15) is 0 Å². The van der Waals surface area contributed by atoms with Crippen LogP contribution in [0.1, 0.15) is 41.9 Å². The summed E-state index contributed by atoms with van der Waals surface area (Å²) in [7, 11) is 0. The molecular formula is C14H21NO3S. The van der Waals surface area contributed by atoms with Crippen molar-refractivity contribution in [1.29, 1.82) is 0 Å². The number of piperidine rings is 1. The third-order valence-electron chi connectivity index (χ3n) is 3.62. The zero-order chi connectivity index (χ0) is 14.0. The van der Waals surface area contributed by atoms with Gasteiger partial charge in [-0.1, -0.05) is 13.8 Å². The van der Waals surface area contributed by atoms with Crippen LogP contribution in [0.3, 0.4) is 0 Å². The number of rotatable bonds is 4. The molecule has 1 aliphatic heterocycles. The van der Waals surface area contributed by atoms with Gasteiger partial charge in [0.05, 0.1) is 10.4 Å². The highest BCUT2D eigenvalue weighted by molar-refractivity contribution is 7.10. The molecule has 0 atom stereocenters. The number of hydrogen-bond acceptors (Lipinski definition) is 4. The van der Waals surface area contributed by atoms with Gasteiger partial charge in [-0.25, -0.2) is 4.79 Å². The Kier molecular flexibility index (Phi) is 4.28. The first kappa shape index (κ1) is 14.5. The molecule has 0 aromatic carbocycles. The summed E-state index contributed by atoms with van der Waals surface area (Å²) in [5.74, 6) is -0.336. The van der Waals surface area contributed by atoms with E-state index in [-0.39, 0.29) is 5.56 Å². The first-order valence-electron chi connectivity index (χ1n) is 6.68. The number of carbonyl (C=O) groups is 1. The van der Waals surface area contributed by atoms with E-state index in [9.17, 15) is 9.90 Å². The third-order valence-corrected chi connectivity index (χ3v) is 4.73. The van der Waals surface area contributed by atoms with E-state index >= 15 is 0 Å². The summed E-state index contributed by atoms with van der Waals surface area (Å²) in [5.41, 5.74) is -0.708. The maximum atomic E-state index is 11.2. The Morgan fingerprint density at radius 3 is 2.63 bits per heavy atom. The average molecular weight is 283 g/mol. The van der Waals surface area contributed by atoms with Crippen LogP contribution >= 0.6 is 11.3 Å². The normalized spacial score (nSPS) is 19.8. The lowest BCUT2D eigenvalue weighted by Gasteiger charge is -2.38. The average Bonchev–Trinajstić information content (AvgIpc) is 2.81. The maximum Gasteiger partial charge on any atom is 0.336 e. The van der Waals surface area contributed by atoms with Crippen LogP contribution in [0.4, 0.5) is 0 Å². The molecule has 0 spiro atoms. The lowest BCUT2D eigenvalue weighted by Crippen LogP contribution is -2.43. The second-order valence-electron chi connectivity index (χ2n) is 5.69. The van der Waals surface area contributed by atoms with Crippen LogP contribution in [0.15, 0.2) is 11.4 Å². The Hall–Kier alpha value is -0.910. The minimum Gasteiger partial charge on any atom is -0.478 e. The van der Waals surface area contributed by atoms with Crippen LogP contribution in [0.2, 0.25) is 0 Å². The number of aromatic carboxylic acids is 1. The van der Waals surface area contributed by atoms with E-state index < -0.39 is 11.6 Å². The van der Waals surface area contributed by atoms with Crippen molar-refractivity contribution in [1.82, 2.24) is 4.90 Å². The molecule has 1 aromatic rings. The summed E-state index contributed by atoms with van der Waals surface area (Å²) in [6.45, 7) is 7.05. The smallest absolute Gasteiger partial charge is 0.336 e. The SMILES string of the molecule is CC(C)CN1CCC(O)(c2sccc2C(=O)O)CC1. The largest absolute Gasteiger partial charge is 0.478 e. The molecule has 106 valence electrons. The summed E-state index contributed by atoms with van der Waals surface area (Å²) in [4.78, 5) is 14.1. The molecule has 1 aromatic heterocycles. The highest BCUT2D eigenvalue weighted by Crippen LogP contribution is 2.38. The molecule has 2 heterocycles. The molecule has 1 aliphatic rings. The van der Waals surface area contributed by atoms with Crippen LogP contribution in [-0.2, 0) is 5.60 Å². The van der Waals surface area contributed by atoms with Gasteiger partial charge in [-0.15, -0.1) is 11.3 Å².